The number of nitrogens with zero attached hydrogens (tertiary/aromatic N) is 1. The molecule has 5 nitrogen and oxygen atoms in total. The van der Waals surface area contributed by atoms with Crippen molar-refractivity contribution < 1.29 is 27.9 Å². The van der Waals surface area contributed by atoms with E-state index < -0.39 is 12.1 Å². The average molecular weight is 358 g/mol. The van der Waals surface area contributed by atoms with Crippen LogP contribution in [0.15, 0.2) is 24.3 Å². The number of aliphatic carboxylic acids is 1. The van der Waals surface area contributed by atoms with Gasteiger partial charge in [-0.15, -0.1) is 0 Å². The van der Waals surface area contributed by atoms with Crippen molar-refractivity contribution in [2.45, 2.75) is 44.3 Å². The number of alkyl halides is 3. The number of piperidine rings is 1. The zero-order valence-electron chi connectivity index (χ0n) is 14.1. The first kappa shape index (κ1) is 19.2. The topological polar surface area (TPSA) is 69.6 Å². The molecule has 25 heavy (non-hydrogen) atoms. The SMILES string of the molecule is CC1(C)C(=O)N(C2CCNCC2)c2ccccc21.O=C(O)C(F)(F)F. The van der Waals surface area contributed by atoms with E-state index in [1.165, 1.54) is 5.56 Å². The van der Waals surface area contributed by atoms with Crippen LogP contribution in [0.2, 0.25) is 0 Å². The van der Waals surface area contributed by atoms with Crippen LogP contribution < -0.4 is 10.2 Å². The Morgan fingerprint density at radius 2 is 1.76 bits per heavy atom. The number of amides is 1. The van der Waals surface area contributed by atoms with Gasteiger partial charge in [0.1, 0.15) is 0 Å². The maximum Gasteiger partial charge on any atom is 0.490 e. The molecule has 1 amide bonds. The Kier molecular flexibility index (Phi) is 5.41. The predicted octanol–water partition coefficient (Wildman–Crippen LogP) is 2.70. The van der Waals surface area contributed by atoms with Crippen LogP contribution in [0.3, 0.4) is 0 Å². The third kappa shape index (κ3) is 3.95. The van der Waals surface area contributed by atoms with Gasteiger partial charge >= 0.3 is 12.1 Å². The number of halogens is 3. The van der Waals surface area contributed by atoms with Crippen molar-refractivity contribution in [2.24, 2.45) is 0 Å². The summed E-state index contributed by atoms with van der Waals surface area (Å²) in [7, 11) is 0. The molecule has 2 aliphatic rings. The second-order valence-corrected chi connectivity index (χ2v) is 6.60. The van der Waals surface area contributed by atoms with Gasteiger partial charge in [-0.3, -0.25) is 4.79 Å². The molecule has 0 bridgehead atoms. The Morgan fingerprint density at radius 1 is 1.24 bits per heavy atom. The van der Waals surface area contributed by atoms with Crippen LogP contribution in [0.1, 0.15) is 32.3 Å². The maximum absolute atomic E-state index is 12.7. The summed E-state index contributed by atoms with van der Waals surface area (Å²) in [6, 6.07) is 8.60. The van der Waals surface area contributed by atoms with Gasteiger partial charge in [0.15, 0.2) is 0 Å². The van der Waals surface area contributed by atoms with Gasteiger partial charge in [0, 0.05) is 11.7 Å². The van der Waals surface area contributed by atoms with E-state index in [1.807, 2.05) is 26.0 Å². The summed E-state index contributed by atoms with van der Waals surface area (Å²) in [4.78, 5) is 23.6. The smallest absolute Gasteiger partial charge is 0.475 e. The number of carbonyl (C=O) groups is 2. The van der Waals surface area contributed by atoms with Gasteiger partial charge in [-0.1, -0.05) is 18.2 Å². The summed E-state index contributed by atoms with van der Waals surface area (Å²) >= 11 is 0. The third-order valence-electron chi connectivity index (χ3n) is 4.51. The van der Waals surface area contributed by atoms with E-state index >= 15 is 0 Å². The van der Waals surface area contributed by atoms with E-state index in [4.69, 9.17) is 9.90 Å². The van der Waals surface area contributed by atoms with Crippen LogP contribution in [0.5, 0.6) is 0 Å². The zero-order chi connectivity index (χ0) is 18.8. The summed E-state index contributed by atoms with van der Waals surface area (Å²) in [6.07, 6.45) is -2.98. The number of carbonyl (C=O) groups excluding carboxylic acids is 1. The van der Waals surface area contributed by atoms with Crippen molar-refractivity contribution in [2.75, 3.05) is 18.0 Å². The summed E-state index contributed by atoms with van der Waals surface area (Å²) < 4.78 is 31.7. The molecule has 0 radical (unpaired) electrons. The number of rotatable bonds is 1. The van der Waals surface area contributed by atoms with Gasteiger partial charge in [-0.2, -0.15) is 13.2 Å². The highest BCUT2D eigenvalue weighted by atomic mass is 19.4. The van der Waals surface area contributed by atoms with Crippen molar-refractivity contribution >= 4 is 17.6 Å². The molecule has 2 aliphatic heterocycles. The number of nitrogens with one attached hydrogen (secondary N) is 1. The van der Waals surface area contributed by atoms with Crippen LogP contribution in [0.25, 0.3) is 0 Å². The minimum Gasteiger partial charge on any atom is -0.475 e. The van der Waals surface area contributed by atoms with Gasteiger partial charge in [0.25, 0.3) is 0 Å². The molecular weight excluding hydrogens is 337 g/mol. The molecule has 0 atom stereocenters. The number of carboxylic acids is 1. The number of fused-ring (bicyclic) bond motifs is 1. The number of benzene rings is 1. The maximum atomic E-state index is 12.7. The molecule has 0 aromatic heterocycles. The van der Waals surface area contributed by atoms with Gasteiger partial charge in [-0.05, 0) is 51.4 Å². The number of hydrogen-bond acceptors (Lipinski definition) is 3. The van der Waals surface area contributed by atoms with Gasteiger partial charge in [0.05, 0.1) is 5.41 Å². The third-order valence-corrected chi connectivity index (χ3v) is 4.51. The highest BCUT2D eigenvalue weighted by molar-refractivity contribution is 6.08. The lowest BCUT2D eigenvalue weighted by molar-refractivity contribution is -0.192. The van der Waals surface area contributed by atoms with E-state index in [9.17, 15) is 18.0 Å². The van der Waals surface area contributed by atoms with Gasteiger partial charge < -0.3 is 15.3 Å². The van der Waals surface area contributed by atoms with Crippen molar-refractivity contribution in [3.63, 3.8) is 0 Å². The van der Waals surface area contributed by atoms with Crippen LogP contribution in [-0.2, 0) is 15.0 Å². The summed E-state index contributed by atoms with van der Waals surface area (Å²) in [5, 5.41) is 10.5. The predicted molar refractivity (Wildman–Crippen MR) is 86.5 cm³/mol. The van der Waals surface area contributed by atoms with Crippen LogP contribution in [0, 0.1) is 0 Å². The van der Waals surface area contributed by atoms with Gasteiger partial charge in [0.2, 0.25) is 5.91 Å². The Balaban J connectivity index is 0.000000277. The molecule has 2 N–H and O–H groups in total. The Morgan fingerprint density at radius 3 is 2.28 bits per heavy atom. The Hall–Kier alpha value is -2.09. The number of para-hydroxylation sites is 1. The Labute approximate surface area is 143 Å². The summed E-state index contributed by atoms with van der Waals surface area (Å²) in [5.41, 5.74) is 1.93. The monoisotopic (exact) mass is 358 g/mol. The second-order valence-electron chi connectivity index (χ2n) is 6.60. The minimum atomic E-state index is -5.08. The molecule has 1 aromatic rings. The fourth-order valence-electron chi connectivity index (χ4n) is 3.17. The van der Waals surface area contributed by atoms with E-state index in [2.05, 4.69) is 22.3 Å². The lowest BCUT2D eigenvalue weighted by Gasteiger charge is -2.33. The summed E-state index contributed by atoms with van der Waals surface area (Å²) in [6.45, 7) is 6.10. The second kappa shape index (κ2) is 7.03. The Bertz CT molecular complexity index is 653. The van der Waals surface area contributed by atoms with E-state index in [0.717, 1.165) is 31.6 Å². The fourth-order valence-corrected chi connectivity index (χ4v) is 3.17. The van der Waals surface area contributed by atoms with Crippen molar-refractivity contribution in [3.05, 3.63) is 29.8 Å². The van der Waals surface area contributed by atoms with E-state index in [1.54, 1.807) is 0 Å². The fraction of sp³-hybridized carbons (Fsp3) is 0.529. The molecule has 1 fully saturated rings. The number of carboxylic acid groups (broad SMARTS) is 1. The molecule has 8 heteroatoms. The van der Waals surface area contributed by atoms with Crippen molar-refractivity contribution in [1.29, 1.82) is 0 Å². The number of anilines is 1. The lowest BCUT2D eigenvalue weighted by Crippen LogP contribution is -2.47. The average Bonchev–Trinajstić information content (AvgIpc) is 2.75. The first-order valence-corrected chi connectivity index (χ1v) is 8.01. The largest absolute Gasteiger partial charge is 0.490 e. The standard InChI is InChI=1S/C15H20N2O.C2HF3O2/c1-15(2)12-5-3-4-6-13(12)17(14(15)18)11-7-9-16-10-8-11;3-2(4,5)1(6)7/h3-6,11,16H,7-10H2,1-2H3;(H,6,7). The molecule has 0 spiro atoms. The summed E-state index contributed by atoms with van der Waals surface area (Å²) in [5.74, 6) is -2.50. The van der Waals surface area contributed by atoms with Crippen LogP contribution in [-0.4, -0.2) is 42.3 Å². The van der Waals surface area contributed by atoms with Crippen molar-refractivity contribution in [3.8, 4) is 0 Å². The highest BCUT2D eigenvalue weighted by Crippen LogP contribution is 2.43. The highest BCUT2D eigenvalue weighted by Gasteiger charge is 2.46. The van der Waals surface area contributed by atoms with Crippen LogP contribution in [0.4, 0.5) is 18.9 Å². The molecule has 3 rings (SSSR count). The molecule has 0 unspecified atom stereocenters. The zero-order valence-corrected chi connectivity index (χ0v) is 14.1. The molecule has 0 saturated carbocycles. The molecule has 138 valence electrons. The normalized spacial score (nSPS) is 19.9. The van der Waals surface area contributed by atoms with E-state index in [0.29, 0.717) is 6.04 Å². The molecule has 1 aromatic carbocycles. The number of hydrogen-bond donors (Lipinski definition) is 2. The van der Waals surface area contributed by atoms with Gasteiger partial charge in [-0.25, -0.2) is 4.79 Å². The van der Waals surface area contributed by atoms with Crippen LogP contribution >= 0.6 is 0 Å². The minimum absolute atomic E-state index is 0.260. The molecule has 1 saturated heterocycles. The lowest BCUT2D eigenvalue weighted by atomic mass is 9.86. The quantitative estimate of drug-likeness (QED) is 0.810. The first-order chi connectivity index (χ1) is 11.6. The first-order valence-electron chi connectivity index (χ1n) is 8.01. The molecule has 2 heterocycles. The molecular formula is C17H21F3N2O3. The van der Waals surface area contributed by atoms with Crippen molar-refractivity contribution in [1.82, 2.24) is 5.32 Å². The van der Waals surface area contributed by atoms with E-state index in [-0.39, 0.29) is 11.3 Å². The molecule has 0 aliphatic carbocycles.